The molecular weight excluding hydrogens is 774 g/mol. The average Bonchev–Trinajstić information content (AvgIpc) is 3.10. The van der Waals surface area contributed by atoms with E-state index >= 15 is 0 Å². The second-order valence-electron chi connectivity index (χ2n) is 17.3. The molecule has 17 heteroatoms. The molecule has 16 unspecified atom stereocenters. The van der Waals surface area contributed by atoms with Gasteiger partial charge in [0.2, 0.25) is 0 Å². The molecule has 2 saturated heterocycles. The summed E-state index contributed by atoms with van der Waals surface area (Å²) in [6.45, 7) is 13.2. The van der Waals surface area contributed by atoms with E-state index in [-0.39, 0.29) is 50.2 Å². The molecule has 2 fully saturated rings. The standard InChI is InChI=1S/C42H69NO16/c1-22(2)17-32(48)57-40-26(6)54-34(21-42(40,8)51)58-37-25(5)55-41(36(50)35(37)43(9)10)59-38-28(15-16-44)18-23(3)30(47)14-12-13-29(46)19-24(4)53-33(49)20-31(39(38)52-11)56-27(7)45/h12,14,16,22-26,28-29,31,34-41,46,50-51H,13,15,17-21H2,1-11H3. The second kappa shape index (κ2) is 22.8. The number of hydrogen-bond donors (Lipinski definition) is 3. The van der Waals surface area contributed by atoms with Gasteiger partial charge in [-0.2, -0.15) is 0 Å². The number of allylic oxidation sites excluding steroid dienone is 1. The van der Waals surface area contributed by atoms with E-state index in [1.165, 1.54) is 13.2 Å². The van der Waals surface area contributed by atoms with Crippen molar-refractivity contribution in [3.05, 3.63) is 12.2 Å². The van der Waals surface area contributed by atoms with Crippen LogP contribution in [-0.4, -0.2) is 157 Å². The molecule has 0 aromatic heterocycles. The molecule has 0 bridgehead atoms. The normalized spacial score (nSPS) is 39.4. The second-order valence-corrected chi connectivity index (χ2v) is 17.3. The quantitative estimate of drug-likeness (QED) is 0.146. The van der Waals surface area contributed by atoms with Crippen molar-refractivity contribution in [1.82, 2.24) is 4.90 Å². The Kier molecular flexibility index (Phi) is 19.5. The average molecular weight is 844 g/mol. The van der Waals surface area contributed by atoms with Crippen LogP contribution in [0.1, 0.15) is 100 Å². The van der Waals surface area contributed by atoms with Crippen LogP contribution in [0, 0.1) is 17.8 Å². The number of esters is 3. The van der Waals surface area contributed by atoms with Crippen LogP contribution in [0.25, 0.3) is 0 Å². The van der Waals surface area contributed by atoms with Crippen LogP contribution in [0.5, 0.6) is 0 Å². The lowest BCUT2D eigenvalue weighted by atomic mass is 9.83. The van der Waals surface area contributed by atoms with Crippen molar-refractivity contribution in [2.75, 3.05) is 21.2 Å². The Hall–Kier alpha value is -2.87. The van der Waals surface area contributed by atoms with Crippen LogP contribution in [0.2, 0.25) is 0 Å². The van der Waals surface area contributed by atoms with E-state index in [0.717, 1.165) is 6.92 Å². The Balaban J connectivity index is 1.98. The molecule has 0 saturated carbocycles. The summed E-state index contributed by atoms with van der Waals surface area (Å²) in [5, 5.41) is 34.0. The zero-order valence-electron chi connectivity index (χ0n) is 36.5. The summed E-state index contributed by atoms with van der Waals surface area (Å²) in [6, 6.07) is -0.812. The first-order valence-electron chi connectivity index (χ1n) is 20.7. The number of aliphatic hydroxyl groups excluding tert-OH is 2. The maximum atomic E-state index is 13.3. The fourth-order valence-electron chi connectivity index (χ4n) is 8.30. The summed E-state index contributed by atoms with van der Waals surface area (Å²) in [5.41, 5.74) is -1.52. The van der Waals surface area contributed by atoms with Gasteiger partial charge >= 0.3 is 17.9 Å². The first kappa shape index (κ1) is 50.5. The summed E-state index contributed by atoms with van der Waals surface area (Å²) in [7, 11) is 4.78. The predicted octanol–water partition coefficient (Wildman–Crippen LogP) is 2.42. The van der Waals surface area contributed by atoms with Crippen LogP contribution in [0.3, 0.4) is 0 Å². The SMILES string of the molecule is COC1C(OC(C)=O)CC(=O)OC(C)CC(O)CC=CC(=O)C(C)CC(CC=O)C1OC1OC(C)C(OC2CC(C)(O)C(OC(=O)CC(C)C)C(C)O2)C(N(C)C)C1O. The van der Waals surface area contributed by atoms with E-state index in [9.17, 15) is 39.3 Å². The maximum absolute atomic E-state index is 13.3. The number of cyclic esters (lactones) is 1. The van der Waals surface area contributed by atoms with Crippen LogP contribution < -0.4 is 0 Å². The molecule has 3 N–H and O–H groups in total. The highest BCUT2D eigenvalue weighted by molar-refractivity contribution is 5.91. The highest BCUT2D eigenvalue weighted by Gasteiger charge is 2.53. The van der Waals surface area contributed by atoms with E-state index in [2.05, 4.69) is 0 Å². The molecule has 16 atom stereocenters. The summed E-state index contributed by atoms with van der Waals surface area (Å²) >= 11 is 0. The van der Waals surface area contributed by atoms with Gasteiger partial charge in [0.1, 0.15) is 42.4 Å². The molecule has 3 aliphatic heterocycles. The number of nitrogens with zero attached hydrogens (tertiary/aromatic N) is 1. The number of hydrogen-bond acceptors (Lipinski definition) is 17. The molecule has 0 amide bonds. The smallest absolute Gasteiger partial charge is 0.309 e. The maximum Gasteiger partial charge on any atom is 0.309 e. The first-order chi connectivity index (χ1) is 27.6. The van der Waals surface area contributed by atoms with Crippen molar-refractivity contribution in [2.24, 2.45) is 17.8 Å². The Morgan fingerprint density at radius 2 is 1.68 bits per heavy atom. The van der Waals surface area contributed by atoms with Gasteiger partial charge in [0.25, 0.3) is 0 Å². The van der Waals surface area contributed by atoms with Gasteiger partial charge in [-0.25, -0.2) is 0 Å². The highest BCUT2D eigenvalue weighted by atomic mass is 16.7. The van der Waals surface area contributed by atoms with E-state index in [1.54, 1.807) is 59.7 Å². The molecule has 3 rings (SSSR count). The number of carbonyl (C=O) groups is 5. The molecule has 0 spiro atoms. The first-order valence-corrected chi connectivity index (χ1v) is 20.7. The Morgan fingerprint density at radius 3 is 2.25 bits per heavy atom. The van der Waals surface area contributed by atoms with Gasteiger partial charge in [-0.3, -0.25) is 19.2 Å². The van der Waals surface area contributed by atoms with Crippen LogP contribution in [0.15, 0.2) is 12.2 Å². The lowest BCUT2D eigenvalue weighted by molar-refractivity contribution is -0.344. The zero-order chi connectivity index (χ0) is 44.4. The van der Waals surface area contributed by atoms with Crippen LogP contribution >= 0.6 is 0 Å². The zero-order valence-corrected chi connectivity index (χ0v) is 36.5. The topological polar surface area (TPSA) is 223 Å². The van der Waals surface area contributed by atoms with Gasteiger partial charge in [-0.05, 0) is 72.5 Å². The minimum absolute atomic E-state index is 0.0627. The van der Waals surface area contributed by atoms with Gasteiger partial charge in [-0.1, -0.05) is 26.8 Å². The highest BCUT2D eigenvalue weighted by Crippen LogP contribution is 2.37. The monoisotopic (exact) mass is 843 g/mol. The van der Waals surface area contributed by atoms with Gasteiger partial charge in [0, 0.05) is 45.6 Å². The minimum Gasteiger partial charge on any atom is -0.462 e. The van der Waals surface area contributed by atoms with Crippen molar-refractivity contribution in [2.45, 2.75) is 186 Å². The fraction of sp³-hybridized carbons (Fsp3) is 0.833. The number of ether oxygens (including phenoxy) is 8. The molecule has 0 aromatic carbocycles. The van der Waals surface area contributed by atoms with E-state index in [0.29, 0.717) is 6.29 Å². The molecule has 3 aliphatic rings. The third-order valence-corrected chi connectivity index (χ3v) is 11.1. The molecule has 0 aromatic rings. The number of methoxy groups -OCH3 is 1. The summed E-state index contributed by atoms with van der Waals surface area (Å²) in [4.78, 5) is 65.6. The number of aliphatic hydroxyl groups is 3. The van der Waals surface area contributed by atoms with Gasteiger partial charge in [0.15, 0.2) is 24.5 Å². The van der Waals surface area contributed by atoms with Crippen molar-refractivity contribution < 1.29 is 77.2 Å². The summed E-state index contributed by atoms with van der Waals surface area (Å²) < 4.78 is 48.3. The molecule has 17 nitrogen and oxygen atoms in total. The van der Waals surface area contributed by atoms with Gasteiger partial charge in [0.05, 0.1) is 36.9 Å². The summed E-state index contributed by atoms with van der Waals surface area (Å²) in [6.07, 6.45) is -9.20. The lowest BCUT2D eigenvalue weighted by Crippen LogP contribution is -2.66. The fourth-order valence-corrected chi connectivity index (χ4v) is 8.30. The van der Waals surface area contributed by atoms with Gasteiger partial charge < -0.3 is 62.9 Å². The number of aldehydes is 1. The number of rotatable bonds is 12. The summed E-state index contributed by atoms with van der Waals surface area (Å²) in [5.74, 6) is -3.59. The third kappa shape index (κ3) is 14.6. The number of ketones is 1. The number of carbonyl (C=O) groups excluding carboxylic acids is 5. The minimum atomic E-state index is -1.52. The molecular formula is C42H69NO16. The molecule has 338 valence electrons. The Labute approximate surface area is 348 Å². The van der Waals surface area contributed by atoms with Crippen molar-refractivity contribution in [1.29, 1.82) is 0 Å². The lowest BCUT2D eigenvalue weighted by Gasteiger charge is -2.50. The van der Waals surface area contributed by atoms with Crippen LogP contribution in [-0.2, 0) is 61.9 Å². The van der Waals surface area contributed by atoms with E-state index in [4.69, 9.17) is 37.9 Å². The molecule has 0 aliphatic carbocycles. The predicted molar refractivity (Wildman–Crippen MR) is 210 cm³/mol. The van der Waals surface area contributed by atoms with Crippen LogP contribution in [0.4, 0.5) is 0 Å². The third-order valence-electron chi connectivity index (χ3n) is 11.1. The molecule has 59 heavy (non-hydrogen) atoms. The number of likely N-dealkylation sites (N-methyl/N-ethyl adjacent to an activating group) is 1. The van der Waals surface area contributed by atoms with Crippen molar-refractivity contribution in [3.8, 4) is 0 Å². The Morgan fingerprint density at radius 1 is 1.00 bits per heavy atom. The van der Waals surface area contributed by atoms with Gasteiger partial charge in [-0.15, -0.1) is 0 Å². The van der Waals surface area contributed by atoms with E-state index in [1.807, 2.05) is 13.8 Å². The largest absolute Gasteiger partial charge is 0.462 e. The Bertz CT molecular complexity index is 1420. The molecule has 3 heterocycles. The molecule has 0 radical (unpaired) electrons. The van der Waals surface area contributed by atoms with Crippen molar-refractivity contribution >= 4 is 30.0 Å². The van der Waals surface area contributed by atoms with Crippen molar-refractivity contribution in [3.63, 3.8) is 0 Å². The van der Waals surface area contributed by atoms with E-state index < -0.39 is 121 Å².